The molecule has 0 saturated heterocycles. The van der Waals surface area contributed by atoms with Gasteiger partial charge < -0.3 is 15.7 Å². The molecule has 3 rings (SSSR count). The third kappa shape index (κ3) is 4.70. The molecule has 0 bridgehead atoms. The number of hydrogen-bond donors (Lipinski definition) is 3. The molecule has 1 aliphatic rings. The monoisotopic (exact) mass is 400 g/mol. The first-order chi connectivity index (χ1) is 13.5. The third-order valence-electron chi connectivity index (χ3n) is 4.93. The summed E-state index contributed by atoms with van der Waals surface area (Å²) < 4.78 is 0. The SMILES string of the molecule is O=C(Nc1cccc(Cl)c1)c1ccccc1NC(=O)[C@H]1CCCC[C@@H]1C(=O)O. The Kier molecular flexibility index (Phi) is 6.31. The van der Waals surface area contributed by atoms with E-state index in [1.165, 1.54) is 0 Å². The molecule has 28 heavy (non-hydrogen) atoms. The number of amides is 2. The molecule has 0 aromatic heterocycles. The summed E-state index contributed by atoms with van der Waals surface area (Å²) in [6, 6.07) is 13.4. The van der Waals surface area contributed by atoms with Gasteiger partial charge in [-0.05, 0) is 43.2 Å². The van der Waals surface area contributed by atoms with E-state index in [4.69, 9.17) is 11.6 Å². The number of hydrogen-bond acceptors (Lipinski definition) is 3. The fourth-order valence-corrected chi connectivity index (χ4v) is 3.71. The van der Waals surface area contributed by atoms with E-state index in [0.717, 1.165) is 12.8 Å². The highest BCUT2D eigenvalue weighted by Crippen LogP contribution is 2.31. The molecule has 0 unspecified atom stereocenters. The maximum atomic E-state index is 12.7. The van der Waals surface area contributed by atoms with E-state index in [1.54, 1.807) is 48.5 Å². The van der Waals surface area contributed by atoms with Crippen LogP contribution in [0.1, 0.15) is 36.0 Å². The standard InChI is InChI=1S/C21H21ClN2O4/c22-13-6-5-7-14(12-13)23-20(26)17-10-3-4-11-18(17)24-19(25)15-8-1-2-9-16(15)21(27)28/h3-7,10-12,15-16H,1-2,8-9H2,(H,23,26)(H,24,25)(H,27,28)/t15-,16-/m0/s1. The molecule has 0 heterocycles. The van der Waals surface area contributed by atoms with Crippen LogP contribution >= 0.6 is 11.6 Å². The van der Waals surface area contributed by atoms with Crippen molar-refractivity contribution < 1.29 is 19.5 Å². The maximum Gasteiger partial charge on any atom is 0.307 e. The molecule has 1 fully saturated rings. The van der Waals surface area contributed by atoms with E-state index < -0.39 is 23.7 Å². The van der Waals surface area contributed by atoms with E-state index >= 15 is 0 Å². The highest BCUT2D eigenvalue weighted by atomic mass is 35.5. The highest BCUT2D eigenvalue weighted by Gasteiger charge is 2.36. The summed E-state index contributed by atoms with van der Waals surface area (Å²) in [7, 11) is 0. The highest BCUT2D eigenvalue weighted by molar-refractivity contribution is 6.31. The molecule has 0 spiro atoms. The first-order valence-corrected chi connectivity index (χ1v) is 9.53. The van der Waals surface area contributed by atoms with Gasteiger partial charge in [0.15, 0.2) is 0 Å². The maximum absolute atomic E-state index is 12.7. The number of carboxylic acids is 1. The minimum atomic E-state index is -0.952. The van der Waals surface area contributed by atoms with Gasteiger partial charge in [-0.15, -0.1) is 0 Å². The van der Waals surface area contributed by atoms with E-state index in [-0.39, 0.29) is 5.91 Å². The van der Waals surface area contributed by atoms with Gasteiger partial charge in [-0.25, -0.2) is 0 Å². The number of aliphatic carboxylic acids is 1. The van der Waals surface area contributed by atoms with Crippen molar-refractivity contribution in [1.82, 2.24) is 0 Å². The lowest BCUT2D eigenvalue weighted by Gasteiger charge is -2.27. The zero-order chi connectivity index (χ0) is 20.1. The average Bonchev–Trinajstić information content (AvgIpc) is 2.68. The molecule has 146 valence electrons. The number of anilines is 2. The molecular formula is C21H21ClN2O4. The number of benzene rings is 2. The zero-order valence-corrected chi connectivity index (χ0v) is 15.9. The number of halogens is 1. The number of rotatable bonds is 5. The first kappa shape index (κ1) is 19.9. The van der Waals surface area contributed by atoms with E-state index in [2.05, 4.69) is 10.6 Å². The topological polar surface area (TPSA) is 95.5 Å². The lowest BCUT2D eigenvalue weighted by atomic mass is 9.78. The lowest BCUT2D eigenvalue weighted by molar-refractivity contribution is -0.147. The van der Waals surface area contributed by atoms with Crippen molar-refractivity contribution in [3.63, 3.8) is 0 Å². The van der Waals surface area contributed by atoms with Gasteiger partial charge in [0.05, 0.1) is 23.1 Å². The summed E-state index contributed by atoms with van der Waals surface area (Å²) in [5, 5.41) is 15.4. The number of nitrogens with one attached hydrogen (secondary N) is 2. The number of carbonyl (C=O) groups excluding carboxylic acids is 2. The largest absolute Gasteiger partial charge is 0.481 e. The molecular weight excluding hydrogens is 380 g/mol. The second kappa shape index (κ2) is 8.89. The molecule has 6 nitrogen and oxygen atoms in total. The predicted octanol–water partition coefficient (Wildman–Crippen LogP) is 4.42. The summed E-state index contributed by atoms with van der Waals surface area (Å²) in [6.45, 7) is 0. The fraction of sp³-hybridized carbons (Fsp3) is 0.286. The summed E-state index contributed by atoms with van der Waals surface area (Å²) in [4.78, 5) is 36.9. The molecule has 0 radical (unpaired) electrons. The Bertz CT molecular complexity index is 899. The lowest BCUT2D eigenvalue weighted by Crippen LogP contribution is -2.36. The predicted molar refractivity (Wildman–Crippen MR) is 108 cm³/mol. The Labute approximate surface area is 167 Å². The van der Waals surface area contributed by atoms with Crippen molar-refractivity contribution in [1.29, 1.82) is 0 Å². The van der Waals surface area contributed by atoms with Crippen molar-refractivity contribution in [3.8, 4) is 0 Å². The van der Waals surface area contributed by atoms with Crippen molar-refractivity contribution in [2.75, 3.05) is 10.6 Å². The van der Waals surface area contributed by atoms with Gasteiger partial charge >= 0.3 is 5.97 Å². The van der Waals surface area contributed by atoms with E-state index in [0.29, 0.717) is 34.8 Å². The Morgan fingerprint density at radius 3 is 2.36 bits per heavy atom. The van der Waals surface area contributed by atoms with Crippen LogP contribution in [0.4, 0.5) is 11.4 Å². The second-order valence-corrected chi connectivity index (χ2v) is 7.27. The Morgan fingerprint density at radius 1 is 0.929 bits per heavy atom. The first-order valence-electron chi connectivity index (χ1n) is 9.15. The number of carboxylic acid groups (broad SMARTS) is 1. The van der Waals surface area contributed by atoms with Crippen molar-refractivity contribution in [3.05, 3.63) is 59.1 Å². The van der Waals surface area contributed by atoms with Crippen LogP contribution in [-0.4, -0.2) is 22.9 Å². The quantitative estimate of drug-likeness (QED) is 0.692. The van der Waals surface area contributed by atoms with Crippen molar-refractivity contribution in [2.45, 2.75) is 25.7 Å². The minimum Gasteiger partial charge on any atom is -0.481 e. The van der Waals surface area contributed by atoms with Crippen molar-refractivity contribution >= 4 is 40.8 Å². The van der Waals surface area contributed by atoms with Crippen LogP contribution < -0.4 is 10.6 Å². The molecule has 2 aromatic rings. The molecule has 2 aromatic carbocycles. The summed E-state index contributed by atoms with van der Waals surface area (Å²) >= 11 is 5.94. The smallest absolute Gasteiger partial charge is 0.307 e. The third-order valence-corrected chi connectivity index (χ3v) is 5.17. The summed E-state index contributed by atoms with van der Waals surface area (Å²) in [5.74, 6) is -3.00. The second-order valence-electron chi connectivity index (χ2n) is 6.83. The Morgan fingerprint density at radius 2 is 1.64 bits per heavy atom. The van der Waals surface area contributed by atoms with Crippen LogP contribution in [0.25, 0.3) is 0 Å². The van der Waals surface area contributed by atoms with E-state index in [9.17, 15) is 19.5 Å². The van der Waals surface area contributed by atoms with Crippen LogP contribution in [0.3, 0.4) is 0 Å². The average molecular weight is 401 g/mol. The van der Waals surface area contributed by atoms with Gasteiger partial charge in [0.2, 0.25) is 5.91 Å². The molecule has 1 saturated carbocycles. The van der Waals surface area contributed by atoms with Gasteiger partial charge in [0, 0.05) is 10.7 Å². The zero-order valence-electron chi connectivity index (χ0n) is 15.2. The van der Waals surface area contributed by atoms with Crippen LogP contribution in [0, 0.1) is 11.8 Å². The molecule has 0 aliphatic heterocycles. The Hall–Kier alpha value is -2.86. The normalized spacial score (nSPS) is 18.9. The molecule has 7 heteroatoms. The molecule has 2 atom stereocenters. The van der Waals surface area contributed by atoms with Crippen molar-refractivity contribution in [2.24, 2.45) is 11.8 Å². The van der Waals surface area contributed by atoms with E-state index in [1.807, 2.05) is 0 Å². The minimum absolute atomic E-state index is 0.290. The molecule has 2 amide bonds. The number of carbonyl (C=O) groups is 3. The van der Waals surface area contributed by atoms with Gasteiger partial charge in [-0.1, -0.05) is 42.6 Å². The van der Waals surface area contributed by atoms with Crippen LogP contribution in [0.2, 0.25) is 5.02 Å². The Balaban J connectivity index is 1.77. The van der Waals surface area contributed by atoms with Gasteiger partial charge in [0.25, 0.3) is 5.91 Å². The van der Waals surface area contributed by atoms with Gasteiger partial charge in [0.1, 0.15) is 0 Å². The molecule has 1 aliphatic carbocycles. The summed E-state index contributed by atoms with van der Waals surface area (Å²) in [5.41, 5.74) is 1.18. The van der Waals surface area contributed by atoms with Gasteiger partial charge in [-0.3, -0.25) is 14.4 Å². The summed E-state index contributed by atoms with van der Waals surface area (Å²) in [6.07, 6.45) is 2.64. The van der Waals surface area contributed by atoms with Crippen LogP contribution in [0.15, 0.2) is 48.5 Å². The van der Waals surface area contributed by atoms with Crippen LogP contribution in [-0.2, 0) is 9.59 Å². The molecule has 3 N–H and O–H groups in total. The van der Waals surface area contributed by atoms with Crippen LogP contribution in [0.5, 0.6) is 0 Å². The number of para-hydroxylation sites is 1. The van der Waals surface area contributed by atoms with Gasteiger partial charge in [-0.2, -0.15) is 0 Å². The fourth-order valence-electron chi connectivity index (χ4n) is 3.52.